The molecule has 3 aromatic rings. The molecule has 0 fully saturated rings. The van der Waals surface area contributed by atoms with Crippen molar-refractivity contribution >= 4 is 34.8 Å². The van der Waals surface area contributed by atoms with Crippen molar-refractivity contribution < 1.29 is 14.0 Å². The molecular weight excluding hydrogens is 333 g/mol. The number of fused-ring (bicyclic) bond motifs is 1. The topological polar surface area (TPSA) is 74.0 Å². The third kappa shape index (κ3) is 3.00. The molecule has 2 heterocycles. The zero-order valence-corrected chi connectivity index (χ0v) is 13.5. The highest BCUT2D eigenvalue weighted by atomic mass is 19.1. The van der Waals surface area contributed by atoms with E-state index in [0.717, 1.165) is 5.69 Å². The van der Waals surface area contributed by atoms with Gasteiger partial charge in [0.05, 0.1) is 5.57 Å². The fourth-order valence-corrected chi connectivity index (χ4v) is 2.83. The Bertz CT molecular complexity index is 1040. The third-order valence-electron chi connectivity index (χ3n) is 4.07. The van der Waals surface area contributed by atoms with Crippen LogP contribution in [0.4, 0.5) is 15.8 Å². The molecule has 4 rings (SSSR count). The number of hydrogen-bond donors (Lipinski definition) is 3. The van der Waals surface area contributed by atoms with E-state index in [0.29, 0.717) is 28.1 Å². The summed E-state index contributed by atoms with van der Waals surface area (Å²) in [5, 5.41) is 5.43. The van der Waals surface area contributed by atoms with Crippen molar-refractivity contribution in [2.75, 3.05) is 10.6 Å². The maximum Gasteiger partial charge on any atom is 0.256 e. The summed E-state index contributed by atoms with van der Waals surface area (Å²) in [6.45, 7) is 0. The van der Waals surface area contributed by atoms with Gasteiger partial charge in [-0.15, -0.1) is 0 Å². The van der Waals surface area contributed by atoms with Gasteiger partial charge in [0.1, 0.15) is 5.82 Å². The van der Waals surface area contributed by atoms with Gasteiger partial charge in [0.15, 0.2) is 0 Å². The van der Waals surface area contributed by atoms with Gasteiger partial charge in [0, 0.05) is 34.4 Å². The normalized spacial score (nSPS) is 14.2. The summed E-state index contributed by atoms with van der Waals surface area (Å²) < 4.78 is 13.3. The Morgan fingerprint density at radius 2 is 1.96 bits per heavy atom. The first-order chi connectivity index (χ1) is 12.6. The molecule has 1 aromatic heterocycles. The molecule has 0 saturated carbocycles. The van der Waals surface area contributed by atoms with E-state index in [-0.39, 0.29) is 11.8 Å². The molecule has 0 radical (unpaired) electrons. The molecule has 0 spiro atoms. The second kappa shape index (κ2) is 6.33. The number of aromatic nitrogens is 1. The molecule has 0 aliphatic carbocycles. The Balaban J connectivity index is 1.65. The van der Waals surface area contributed by atoms with E-state index >= 15 is 0 Å². The van der Waals surface area contributed by atoms with Gasteiger partial charge in [0.25, 0.3) is 11.8 Å². The Labute approximate surface area is 148 Å². The molecule has 26 heavy (non-hydrogen) atoms. The fraction of sp³-hybridized carbons (Fsp3) is 0. The number of amides is 2. The second-order valence-corrected chi connectivity index (χ2v) is 5.86. The number of anilines is 2. The lowest BCUT2D eigenvalue weighted by molar-refractivity contribution is -0.110. The second-order valence-electron chi connectivity index (χ2n) is 5.86. The monoisotopic (exact) mass is 347 g/mol. The van der Waals surface area contributed by atoms with Crippen molar-refractivity contribution in [2.24, 2.45) is 0 Å². The predicted octanol–water partition coefficient (Wildman–Crippen LogP) is 3.90. The number of halogens is 1. The van der Waals surface area contributed by atoms with Crippen molar-refractivity contribution in [1.29, 1.82) is 0 Å². The van der Waals surface area contributed by atoms with Gasteiger partial charge in [-0.3, -0.25) is 9.59 Å². The predicted molar refractivity (Wildman–Crippen MR) is 98.1 cm³/mol. The number of nitrogens with one attached hydrogen (secondary N) is 3. The molecule has 5 nitrogen and oxygen atoms in total. The summed E-state index contributed by atoms with van der Waals surface area (Å²) in [6, 6.07) is 14.3. The average Bonchev–Trinajstić information content (AvgIpc) is 3.23. The summed E-state index contributed by atoms with van der Waals surface area (Å²) in [6.07, 6.45) is 3.50. The molecule has 2 amide bonds. The van der Waals surface area contributed by atoms with Crippen LogP contribution in [0.1, 0.15) is 21.6 Å². The number of H-pyrrole nitrogens is 1. The van der Waals surface area contributed by atoms with Crippen LogP contribution in [-0.4, -0.2) is 16.8 Å². The van der Waals surface area contributed by atoms with Crippen LogP contribution in [0.25, 0.3) is 11.6 Å². The fourth-order valence-electron chi connectivity index (χ4n) is 2.83. The van der Waals surface area contributed by atoms with Gasteiger partial charge in [-0.25, -0.2) is 4.39 Å². The van der Waals surface area contributed by atoms with E-state index in [4.69, 9.17) is 0 Å². The lowest BCUT2D eigenvalue weighted by atomic mass is 10.0. The van der Waals surface area contributed by atoms with Crippen LogP contribution in [0.15, 0.2) is 60.8 Å². The van der Waals surface area contributed by atoms with Crippen LogP contribution >= 0.6 is 0 Å². The van der Waals surface area contributed by atoms with Gasteiger partial charge >= 0.3 is 0 Å². The van der Waals surface area contributed by atoms with Crippen molar-refractivity contribution in [3.63, 3.8) is 0 Å². The maximum atomic E-state index is 13.3. The summed E-state index contributed by atoms with van der Waals surface area (Å²) >= 11 is 0. The van der Waals surface area contributed by atoms with E-state index < -0.39 is 5.82 Å². The van der Waals surface area contributed by atoms with Crippen molar-refractivity contribution in [2.45, 2.75) is 0 Å². The van der Waals surface area contributed by atoms with Crippen LogP contribution < -0.4 is 10.6 Å². The first kappa shape index (κ1) is 15.8. The van der Waals surface area contributed by atoms with Gasteiger partial charge in [-0.2, -0.15) is 0 Å². The smallest absolute Gasteiger partial charge is 0.256 e. The van der Waals surface area contributed by atoms with Crippen LogP contribution in [-0.2, 0) is 4.79 Å². The standard InChI is InChI=1S/C20H14FN3O2/c21-13-3-1-4-15(10-13)23-19(25)12-6-7-18-16(9-12)17(20(26)24-18)11-14-5-2-8-22-14/h1-11,22H,(H,23,25)(H,24,26). The minimum absolute atomic E-state index is 0.225. The molecule has 0 atom stereocenters. The van der Waals surface area contributed by atoms with E-state index in [1.54, 1.807) is 36.5 Å². The zero-order chi connectivity index (χ0) is 18.1. The molecule has 1 aliphatic heterocycles. The zero-order valence-electron chi connectivity index (χ0n) is 13.5. The lowest BCUT2D eigenvalue weighted by Gasteiger charge is -2.07. The van der Waals surface area contributed by atoms with E-state index in [9.17, 15) is 14.0 Å². The molecule has 0 bridgehead atoms. The molecule has 0 unspecified atom stereocenters. The molecular formula is C20H14FN3O2. The van der Waals surface area contributed by atoms with Crippen molar-refractivity contribution in [1.82, 2.24) is 4.98 Å². The van der Waals surface area contributed by atoms with Crippen molar-refractivity contribution in [3.05, 3.63) is 83.4 Å². The number of aromatic amines is 1. The molecule has 3 N–H and O–H groups in total. The highest BCUT2D eigenvalue weighted by Crippen LogP contribution is 2.33. The van der Waals surface area contributed by atoms with Crippen LogP contribution in [0, 0.1) is 5.82 Å². The lowest BCUT2D eigenvalue weighted by Crippen LogP contribution is -2.12. The van der Waals surface area contributed by atoms with E-state index in [1.165, 1.54) is 18.2 Å². The minimum Gasteiger partial charge on any atom is -0.362 e. The molecule has 6 heteroatoms. The maximum absolute atomic E-state index is 13.3. The Kier molecular flexibility index (Phi) is 3.85. The highest BCUT2D eigenvalue weighted by Gasteiger charge is 2.25. The Morgan fingerprint density at radius 3 is 2.73 bits per heavy atom. The summed E-state index contributed by atoms with van der Waals surface area (Å²) in [5.74, 6) is -1.03. The Hall–Kier alpha value is -3.67. The molecule has 128 valence electrons. The van der Waals surface area contributed by atoms with E-state index in [1.807, 2.05) is 12.1 Å². The third-order valence-corrected chi connectivity index (χ3v) is 4.07. The van der Waals surface area contributed by atoms with Crippen LogP contribution in [0.5, 0.6) is 0 Å². The summed E-state index contributed by atoms with van der Waals surface area (Å²) in [5.41, 5.74) is 3.31. The quantitative estimate of drug-likeness (QED) is 0.629. The first-order valence-electron chi connectivity index (χ1n) is 7.98. The highest BCUT2D eigenvalue weighted by molar-refractivity contribution is 6.35. The average molecular weight is 347 g/mol. The first-order valence-corrected chi connectivity index (χ1v) is 7.98. The summed E-state index contributed by atoms with van der Waals surface area (Å²) in [7, 11) is 0. The number of carbonyl (C=O) groups is 2. The van der Waals surface area contributed by atoms with E-state index in [2.05, 4.69) is 15.6 Å². The number of carbonyl (C=O) groups excluding carboxylic acids is 2. The van der Waals surface area contributed by atoms with Gasteiger partial charge in [0.2, 0.25) is 0 Å². The largest absolute Gasteiger partial charge is 0.362 e. The number of rotatable bonds is 3. The van der Waals surface area contributed by atoms with Gasteiger partial charge in [-0.05, 0) is 54.6 Å². The minimum atomic E-state index is -0.428. The Morgan fingerprint density at radius 1 is 1.08 bits per heavy atom. The molecule has 0 saturated heterocycles. The number of benzene rings is 2. The molecule has 1 aliphatic rings. The van der Waals surface area contributed by atoms with Crippen LogP contribution in [0.2, 0.25) is 0 Å². The van der Waals surface area contributed by atoms with Gasteiger partial charge in [-0.1, -0.05) is 6.07 Å². The SMILES string of the molecule is O=C1Nc2ccc(C(=O)Nc3cccc(F)c3)cc2C1=Cc1ccc[nH]1. The summed E-state index contributed by atoms with van der Waals surface area (Å²) in [4.78, 5) is 27.7. The molecule has 2 aromatic carbocycles. The van der Waals surface area contributed by atoms with Crippen molar-refractivity contribution in [3.8, 4) is 0 Å². The number of hydrogen-bond acceptors (Lipinski definition) is 2. The van der Waals surface area contributed by atoms with Crippen LogP contribution in [0.3, 0.4) is 0 Å². The van der Waals surface area contributed by atoms with Gasteiger partial charge < -0.3 is 15.6 Å².